The van der Waals surface area contributed by atoms with Crippen LogP contribution in [-0.2, 0) is 4.74 Å². The summed E-state index contributed by atoms with van der Waals surface area (Å²) in [6.45, 7) is 7.20. The van der Waals surface area contributed by atoms with Gasteiger partial charge in [0.15, 0.2) is 0 Å². The zero-order valence-electron chi connectivity index (χ0n) is 13.2. The van der Waals surface area contributed by atoms with E-state index in [2.05, 4.69) is 16.4 Å². The van der Waals surface area contributed by atoms with E-state index in [4.69, 9.17) is 4.74 Å². The summed E-state index contributed by atoms with van der Waals surface area (Å²) in [6, 6.07) is 7.89. The molecule has 1 aromatic heterocycles. The summed E-state index contributed by atoms with van der Waals surface area (Å²) < 4.78 is 5.58. The van der Waals surface area contributed by atoms with Crippen LogP contribution in [0.25, 0.3) is 10.9 Å². The van der Waals surface area contributed by atoms with Crippen molar-refractivity contribution in [1.82, 2.24) is 9.88 Å². The molecular weight excluding hydrogens is 278 g/mol. The van der Waals surface area contributed by atoms with Gasteiger partial charge in [0.2, 0.25) is 0 Å². The number of hydrogen-bond donors (Lipinski definition) is 1. The maximum Gasteiger partial charge on any atom is 0.322 e. The Morgan fingerprint density at radius 1 is 1.41 bits per heavy atom. The van der Waals surface area contributed by atoms with Crippen molar-refractivity contribution in [1.29, 1.82) is 0 Å². The van der Waals surface area contributed by atoms with Gasteiger partial charge in [-0.3, -0.25) is 4.98 Å². The van der Waals surface area contributed by atoms with Crippen LogP contribution >= 0.6 is 0 Å². The van der Waals surface area contributed by atoms with Crippen LogP contribution in [0.4, 0.5) is 10.5 Å². The number of urea groups is 1. The second-order valence-electron chi connectivity index (χ2n) is 5.83. The average molecular weight is 299 g/mol. The molecule has 2 aromatic rings. The first-order valence-corrected chi connectivity index (χ1v) is 7.61. The van der Waals surface area contributed by atoms with Gasteiger partial charge in [0.25, 0.3) is 0 Å². The van der Waals surface area contributed by atoms with E-state index in [1.165, 1.54) is 0 Å². The minimum absolute atomic E-state index is 0.0480. The second kappa shape index (κ2) is 5.93. The van der Waals surface area contributed by atoms with Crippen molar-refractivity contribution in [2.75, 3.05) is 18.5 Å². The molecule has 5 nitrogen and oxygen atoms in total. The Kier molecular flexibility index (Phi) is 3.98. The van der Waals surface area contributed by atoms with Gasteiger partial charge in [0, 0.05) is 18.1 Å². The smallest absolute Gasteiger partial charge is 0.322 e. The van der Waals surface area contributed by atoms with E-state index in [1.54, 1.807) is 6.20 Å². The molecule has 116 valence electrons. The summed E-state index contributed by atoms with van der Waals surface area (Å²) in [7, 11) is 0. The number of aromatic nitrogens is 1. The molecule has 1 N–H and O–H groups in total. The normalized spacial score (nSPS) is 21.9. The van der Waals surface area contributed by atoms with Gasteiger partial charge in [0.05, 0.1) is 30.0 Å². The quantitative estimate of drug-likeness (QED) is 0.880. The molecule has 1 fully saturated rings. The van der Waals surface area contributed by atoms with E-state index in [9.17, 15) is 4.79 Å². The number of nitrogens with one attached hydrogen (secondary N) is 1. The number of anilines is 1. The maximum atomic E-state index is 12.6. The molecule has 0 radical (unpaired) electrons. The summed E-state index contributed by atoms with van der Waals surface area (Å²) in [5.41, 5.74) is 2.67. The van der Waals surface area contributed by atoms with E-state index in [0.29, 0.717) is 13.2 Å². The molecule has 0 saturated carbocycles. The standard InChI is InChI=1S/C17H21N3O2/c1-11-9-14-5-4-6-18-16(14)15(10-11)19-17(21)20-7-8-22-13(3)12(20)2/h4-6,9-10,12-13H,7-8H2,1-3H3,(H,19,21)/t12-,13-/m0/s1. The third-order valence-electron chi connectivity index (χ3n) is 4.24. The lowest BCUT2D eigenvalue weighted by Gasteiger charge is -2.37. The molecule has 0 unspecified atom stereocenters. The molecule has 5 heteroatoms. The number of pyridine rings is 1. The van der Waals surface area contributed by atoms with Crippen LogP contribution in [0.3, 0.4) is 0 Å². The maximum absolute atomic E-state index is 12.6. The number of aryl methyl sites for hydroxylation is 1. The van der Waals surface area contributed by atoms with Gasteiger partial charge in [-0.2, -0.15) is 0 Å². The summed E-state index contributed by atoms with van der Waals surface area (Å²) in [5, 5.41) is 4.04. The van der Waals surface area contributed by atoms with Crippen LogP contribution in [-0.4, -0.2) is 41.2 Å². The lowest BCUT2D eigenvalue weighted by molar-refractivity contribution is -0.0355. The largest absolute Gasteiger partial charge is 0.375 e. The van der Waals surface area contributed by atoms with Crippen LogP contribution in [0.1, 0.15) is 19.4 Å². The minimum atomic E-state index is -0.0970. The minimum Gasteiger partial charge on any atom is -0.375 e. The van der Waals surface area contributed by atoms with Crippen molar-refractivity contribution in [2.45, 2.75) is 32.9 Å². The second-order valence-corrected chi connectivity index (χ2v) is 5.83. The monoisotopic (exact) mass is 299 g/mol. The van der Waals surface area contributed by atoms with Gasteiger partial charge < -0.3 is 15.0 Å². The summed E-state index contributed by atoms with van der Waals surface area (Å²) >= 11 is 0. The van der Waals surface area contributed by atoms with Gasteiger partial charge in [-0.05, 0) is 44.5 Å². The molecule has 2 heterocycles. The summed E-state index contributed by atoms with van der Waals surface area (Å²) in [4.78, 5) is 18.8. The number of morpholine rings is 1. The number of ether oxygens (including phenoxy) is 1. The lowest BCUT2D eigenvalue weighted by Crippen LogP contribution is -2.52. The molecule has 0 bridgehead atoms. The van der Waals surface area contributed by atoms with Gasteiger partial charge in [-0.15, -0.1) is 0 Å². The van der Waals surface area contributed by atoms with Crippen molar-refractivity contribution >= 4 is 22.6 Å². The zero-order valence-corrected chi connectivity index (χ0v) is 13.2. The predicted octanol–water partition coefficient (Wildman–Crippen LogP) is 3.18. The first kappa shape index (κ1) is 14.8. The average Bonchev–Trinajstić information content (AvgIpc) is 2.49. The van der Waals surface area contributed by atoms with Crippen molar-refractivity contribution in [3.05, 3.63) is 36.0 Å². The molecule has 2 amide bonds. The van der Waals surface area contributed by atoms with Crippen molar-refractivity contribution < 1.29 is 9.53 Å². The highest BCUT2D eigenvalue weighted by molar-refractivity contribution is 6.00. The topological polar surface area (TPSA) is 54.5 Å². The van der Waals surface area contributed by atoms with Gasteiger partial charge in [0.1, 0.15) is 0 Å². The highest BCUT2D eigenvalue weighted by Crippen LogP contribution is 2.24. The Morgan fingerprint density at radius 3 is 3.05 bits per heavy atom. The van der Waals surface area contributed by atoms with E-state index in [-0.39, 0.29) is 18.2 Å². The van der Waals surface area contributed by atoms with Crippen LogP contribution in [0, 0.1) is 6.92 Å². The number of benzene rings is 1. The Labute approximate surface area is 130 Å². The first-order valence-electron chi connectivity index (χ1n) is 7.61. The first-order chi connectivity index (χ1) is 10.6. The molecule has 1 aromatic carbocycles. The fourth-order valence-electron chi connectivity index (χ4n) is 2.84. The van der Waals surface area contributed by atoms with E-state index < -0.39 is 0 Å². The molecule has 22 heavy (non-hydrogen) atoms. The van der Waals surface area contributed by atoms with Gasteiger partial charge >= 0.3 is 6.03 Å². The number of carbonyl (C=O) groups excluding carboxylic acids is 1. The van der Waals surface area contributed by atoms with Gasteiger partial charge in [-0.25, -0.2) is 4.79 Å². The number of amides is 2. The number of hydrogen-bond acceptors (Lipinski definition) is 3. The molecule has 1 aliphatic heterocycles. The fraction of sp³-hybridized carbons (Fsp3) is 0.412. The lowest BCUT2D eigenvalue weighted by atomic mass is 10.1. The molecular formula is C17H21N3O2. The highest BCUT2D eigenvalue weighted by Gasteiger charge is 2.29. The molecule has 3 rings (SSSR count). The molecule has 1 saturated heterocycles. The van der Waals surface area contributed by atoms with Crippen LogP contribution in [0.15, 0.2) is 30.5 Å². The SMILES string of the molecule is Cc1cc(NC(=O)N2CCO[C@@H](C)[C@@H]2C)c2ncccc2c1. The highest BCUT2D eigenvalue weighted by atomic mass is 16.5. The molecule has 0 aliphatic carbocycles. The van der Waals surface area contributed by atoms with Crippen molar-refractivity contribution in [3.63, 3.8) is 0 Å². The molecule has 0 spiro atoms. The van der Waals surface area contributed by atoms with E-state index >= 15 is 0 Å². The number of fused-ring (bicyclic) bond motifs is 1. The third-order valence-corrected chi connectivity index (χ3v) is 4.24. The Bertz CT molecular complexity index is 701. The summed E-state index contributed by atoms with van der Waals surface area (Å²) in [6.07, 6.45) is 1.79. The Balaban J connectivity index is 1.88. The zero-order chi connectivity index (χ0) is 15.7. The van der Waals surface area contributed by atoms with Crippen molar-refractivity contribution in [2.24, 2.45) is 0 Å². The number of carbonyl (C=O) groups is 1. The van der Waals surface area contributed by atoms with Crippen LogP contribution < -0.4 is 5.32 Å². The van der Waals surface area contributed by atoms with Crippen LogP contribution in [0.2, 0.25) is 0 Å². The Morgan fingerprint density at radius 2 is 2.23 bits per heavy atom. The van der Waals surface area contributed by atoms with E-state index in [1.807, 2.05) is 43.9 Å². The van der Waals surface area contributed by atoms with Gasteiger partial charge in [-0.1, -0.05) is 6.07 Å². The van der Waals surface area contributed by atoms with Crippen LogP contribution in [0.5, 0.6) is 0 Å². The molecule has 2 atom stereocenters. The Hall–Kier alpha value is -2.14. The summed E-state index contributed by atoms with van der Waals surface area (Å²) in [5.74, 6) is 0. The predicted molar refractivity (Wildman–Crippen MR) is 87.1 cm³/mol. The number of rotatable bonds is 1. The fourth-order valence-corrected chi connectivity index (χ4v) is 2.84. The van der Waals surface area contributed by atoms with E-state index in [0.717, 1.165) is 22.2 Å². The van der Waals surface area contributed by atoms with Crippen molar-refractivity contribution in [3.8, 4) is 0 Å². The molecule has 1 aliphatic rings. The number of nitrogens with zero attached hydrogens (tertiary/aromatic N) is 2. The third kappa shape index (κ3) is 2.76.